The summed E-state index contributed by atoms with van der Waals surface area (Å²) in [5.74, 6) is 0. The Labute approximate surface area is 166 Å². The molecule has 1 aromatic heterocycles. The Morgan fingerprint density at radius 2 is 1.30 bits per heavy atom. The standard InChI is InChI=1S/C24H17BrN2/c25-18-8-5-16(6-9-18)17-7-14-24-22(15-17)21-3-1-2-4-23(21)27(24)20-12-10-19(26)11-13-20/h1-15H,26H2. The highest BCUT2D eigenvalue weighted by Gasteiger charge is 2.12. The second-order valence-electron chi connectivity index (χ2n) is 6.68. The van der Waals surface area contributed by atoms with Crippen molar-refractivity contribution in [3.8, 4) is 16.8 Å². The third-order valence-electron chi connectivity index (χ3n) is 5.00. The minimum absolute atomic E-state index is 0.775. The van der Waals surface area contributed by atoms with Crippen LogP contribution in [0.25, 0.3) is 38.6 Å². The van der Waals surface area contributed by atoms with E-state index < -0.39 is 0 Å². The Morgan fingerprint density at radius 3 is 2.07 bits per heavy atom. The Balaban J connectivity index is 1.80. The number of halogens is 1. The number of para-hydroxylation sites is 1. The van der Waals surface area contributed by atoms with Gasteiger partial charge in [-0.25, -0.2) is 0 Å². The fourth-order valence-corrected chi connectivity index (χ4v) is 3.96. The van der Waals surface area contributed by atoms with E-state index in [1.54, 1.807) is 0 Å². The maximum absolute atomic E-state index is 5.89. The number of nitrogens with two attached hydrogens (primary N) is 1. The van der Waals surface area contributed by atoms with Gasteiger partial charge in [-0.15, -0.1) is 0 Å². The van der Waals surface area contributed by atoms with Crippen LogP contribution in [0.5, 0.6) is 0 Å². The minimum atomic E-state index is 0.775. The van der Waals surface area contributed by atoms with E-state index in [1.165, 1.54) is 32.9 Å². The van der Waals surface area contributed by atoms with Crippen molar-refractivity contribution < 1.29 is 0 Å². The molecule has 130 valence electrons. The molecule has 5 aromatic rings. The summed E-state index contributed by atoms with van der Waals surface area (Å²) in [5.41, 5.74) is 12.6. The van der Waals surface area contributed by atoms with Crippen LogP contribution in [0.3, 0.4) is 0 Å². The van der Waals surface area contributed by atoms with E-state index in [9.17, 15) is 0 Å². The number of nitrogens with zero attached hydrogens (tertiary/aromatic N) is 1. The number of nitrogen functional groups attached to an aromatic ring is 1. The van der Waals surface area contributed by atoms with Gasteiger partial charge in [0.15, 0.2) is 0 Å². The van der Waals surface area contributed by atoms with Gasteiger partial charge >= 0.3 is 0 Å². The van der Waals surface area contributed by atoms with Crippen molar-refractivity contribution in [2.24, 2.45) is 0 Å². The monoisotopic (exact) mass is 412 g/mol. The summed E-state index contributed by atoms with van der Waals surface area (Å²) in [6.45, 7) is 0. The lowest BCUT2D eigenvalue weighted by Crippen LogP contribution is -1.94. The van der Waals surface area contributed by atoms with Crippen LogP contribution < -0.4 is 5.73 Å². The quantitative estimate of drug-likeness (QED) is 0.317. The molecule has 0 aliphatic heterocycles. The Bertz CT molecular complexity index is 1270. The van der Waals surface area contributed by atoms with E-state index in [4.69, 9.17) is 5.73 Å². The molecule has 5 rings (SSSR count). The van der Waals surface area contributed by atoms with E-state index in [1.807, 2.05) is 12.1 Å². The van der Waals surface area contributed by atoms with Crippen LogP contribution in [-0.4, -0.2) is 4.57 Å². The second-order valence-corrected chi connectivity index (χ2v) is 7.60. The maximum Gasteiger partial charge on any atom is 0.0541 e. The molecule has 2 nitrogen and oxygen atoms in total. The van der Waals surface area contributed by atoms with Crippen LogP contribution >= 0.6 is 15.9 Å². The van der Waals surface area contributed by atoms with Gasteiger partial charge in [-0.05, 0) is 65.7 Å². The largest absolute Gasteiger partial charge is 0.399 e. The third-order valence-corrected chi connectivity index (χ3v) is 5.53. The Kier molecular flexibility index (Phi) is 3.76. The highest BCUT2D eigenvalue weighted by molar-refractivity contribution is 9.10. The molecule has 0 saturated heterocycles. The zero-order valence-electron chi connectivity index (χ0n) is 14.6. The summed E-state index contributed by atoms with van der Waals surface area (Å²) in [6, 6.07) is 31.7. The van der Waals surface area contributed by atoms with E-state index >= 15 is 0 Å². The molecule has 0 saturated carbocycles. The van der Waals surface area contributed by atoms with Gasteiger partial charge in [0.25, 0.3) is 0 Å². The second kappa shape index (κ2) is 6.29. The summed E-state index contributed by atoms with van der Waals surface area (Å²) >= 11 is 3.51. The van der Waals surface area contributed by atoms with E-state index in [0.29, 0.717) is 0 Å². The summed E-state index contributed by atoms with van der Waals surface area (Å²) in [6.07, 6.45) is 0. The molecule has 0 bridgehead atoms. The minimum Gasteiger partial charge on any atom is -0.399 e. The molecule has 1 heterocycles. The lowest BCUT2D eigenvalue weighted by atomic mass is 10.0. The van der Waals surface area contributed by atoms with Gasteiger partial charge in [0.1, 0.15) is 0 Å². The Morgan fingerprint density at radius 1 is 0.630 bits per heavy atom. The first kappa shape index (κ1) is 16.2. The fraction of sp³-hybridized carbons (Fsp3) is 0. The van der Waals surface area contributed by atoms with Gasteiger partial charge in [-0.1, -0.05) is 52.3 Å². The van der Waals surface area contributed by atoms with Gasteiger partial charge < -0.3 is 10.3 Å². The lowest BCUT2D eigenvalue weighted by Gasteiger charge is -2.08. The summed E-state index contributed by atoms with van der Waals surface area (Å²) in [4.78, 5) is 0. The molecule has 0 amide bonds. The number of anilines is 1. The first-order valence-corrected chi connectivity index (χ1v) is 9.65. The topological polar surface area (TPSA) is 30.9 Å². The van der Waals surface area contributed by atoms with Crippen molar-refractivity contribution in [1.82, 2.24) is 4.57 Å². The number of benzene rings is 4. The molecule has 0 spiro atoms. The van der Waals surface area contributed by atoms with Crippen LogP contribution in [0.15, 0.2) is 95.5 Å². The number of hydrogen-bond acceptors (Lipinski definition) is 1. The Hall–Kier alpha value is -3.04. The van der Waals surface area contributed by atoms with Crippen molar-refractivity contribution in [3.05, 3.63) is 95.5 Å². The fourth-order valence-electron chi connectivity index (χ4n) is 3.70. The van der Waals surface area contributed by atoms with Crippen LogP contribution in [0.4, 0.5) is 5.69 Å². The molecule has 2 N–H and O–H groups in total. The predicted molar refractivity (Wildman–Crippen MR) is 118 cm³/mol. The average molecular weight is 413 g/mol. The molecular formula is C24H17BrN2. The molecule has 0 atom stereocenters. The molecular weight excluding hydrogens is 396 g/mol. The van der Waals surface area contributed by atoms with Crippen molar-refractivity contribution in [3.63, 3.8) is 0 Å². The van der Waals surface area contributed by atoms with Crippen molar-refractivity contribution in [2.45, 2.75) is 0 Å². The zero-order chi connectivity index (χ0) is 18.4. The van der Waals surface area contributed by atoms with Crippen molar-refractivity contribution >= 4 is 43.4 Å². The zero-order valence-corrected chi connectivity index (χ0v) is 16.1. The third kappa shape index (κ3) is 2.71. The molecule has 4 aromatic carbocycles. The van der Waals surface area contributed by atoms with Gasteiger partial charge in [0.2, 0.25) is 0 Å². The number of aromatic nitrogens is 1. The van der Waals surface area contributed by atoms with Crippen molar-refractivity contribution in [2.75, 3.05) is 5.73 Å². The number of rotatable bonds is 2. The average Bonchev–Trinajstić information content (AvgIpc) is 3.03. The first-order chi connectivity index (χ1) is 13.2. The maximum atomic E-state index is 5.89. The predicted octanol–water partition coefficient (Wildman–Crippen LogP) is 6.80. The van der Waals surface area contributed by atoms with E-state index in [-0.39, 0.29) is 0 Å². The van der Waals surface area contributed by atoms with Gasteiger partial charge in [0, 0.05) is 26.6 Å². The van der Waals surface area contributed by atoms with E-state index in [2.05, 4.69) is 99.4 Å². The van der Waals surface area contributed by atoms with Crippen LogP contribution in [0.1, 0.15) is 0 Å². The smallest absolute Gasteiger partial charge is 0.0541 e. The summed E-state index contributed by atoms with van der Waals surface area (Å²) < 4.78 is 3.39. The van der Waals surface area contributed by atoms with Crippen molar-refractivity contribution in [1.29, 1.82) is 0 Å². The van der Waals surface area contributed by atoms with E-state index in [0.717, 1.165) is 15.8 Å². The summed E-state index contributed by atoms with van der Waals surface area (Å²) in [7, 11) is 0. The molecule has 0 unspecified atom stereocenters. The highest BCUT2D eigenvalue weighted by Crippen LogP contribution is 2.35. The highest BCUT2D eigenvalue weighted by atomic mass is 79.9. The van der Waals surface area contributed by atoms with Gasteiger partial charge in [-0.3, -0.25) is 0 Å². The lowest BCUT2D eigenvalue weighted by molar-refractivity contribution is 1.18. The number of fused-ring (bicyclic) bond motifs is 3. The molecule has 27 heavy (non-hydrogen) atoms. The number of hydrogen-bond donors (Lipinski definition) is 1. The molecule has 0 aliphatic carbocycles. The molecule has 0 fully saturated rings. The van der Waals surface area contributed by atoms with Crippen LogP contribution in [0, 0.1) is 0 Å². The van der Waals surface area contributed by atoms with Gasteiger partial charge in [0.05, 0.1) is 11.0 Å². The first-order valence-electron chi connectivity index (χ1n) is 8.86. The summed E-state index contributed by atoms with van der Waals surface area (Å²) in [5, 5.41) is 2.51. The van der Waals surface area contributed by atoms with Crippen LogP contribution in [-0.2, 0) is 0 Å². The molecule has 0 aliphatic rings. The molecule has 0 radical (unpaired) electrons. The normalized spacial score (nSPS) is 11.3. The SMILES string of the molecule is Nc1ccc(-n2c3ccccc3c3cc(-c4ccc(Br)cc4)ccc32)cc1. The molecule has 3 heteroatoms. The van der Waals surface area contributed by atoms with Crippen LogP contribution in [0.2, 0.25) is 0 Å². The van der Waals surface area contributed by atoms with Gasteiger partial charge in [-0.2, -0.15) is 0 Å².